The first kappa shape index (κ1) is 28.1. The minimum Gasteiger partial charge on any atom is -0.454 e. The molecule has 9 heteroatoms. The quantitative estimate of drug-likeness (QED) is 0.299. The van der Waals surface area contributed by atoms with E-state index < -0.39 is 0 Å². The van der Waals surface area contributed by atoms with E-state index >= 15 is 0 Å². The van der Waals surface area contributed by atoms with E-state index in [1.807, 2.05) is 64.1 Å². The number of aromatic nitrogens is 1. The Morgan fingerprint density at radius 2 is 2.05 bits per heavy atom. The molecule has 0 spiro atoms. The van der Waals surface area contributed by atoms with Gasteiger partial charge in [-0.15, -0.1) is 0 Å². The largest absolute Gasteiger partial charge is 0.454 e. The van der Waals surface area contributed by atoms with Crippen LogP contribution in [-0.4, -0.2) is 73.5 Å². The number of nitrogens with zero attached hydrogens (tertiary/aromatic N) is 4. The van der Waals surface area contributed by atoms with Crippen LogP contribution < -0.4 is 18.9 Å². The first-order valence-corrected chi connectivity index (χ1v) is 14.6. The number of aryl methyl sites for hydroxylation is 1. The van der Waals surface area contributed by atoms with Crippen molar-refractivity contribution in [2.75, 3.05) is 44.4 Å². The molecule has 3 aliphatic rings. The molecule has 2 fully saturated rings. The number of carbonyl (C=O) groups excluding carboxylic acids is 3. The van der Waals surface area contributed by atoms with Crippen LogP contribution in [0.25, 0.3) is 0 Å². The monoisotopic (exact) mass is 549 g/mol. The van der Waals surface area contributed by atoms with Crippen molar-refractivity contribution in [1.29, 1.82) is 0 Å². The van der Waals surface area contributed by atoms with Crippen LogP contribution in [0.15, 0.2) is 42.7 Å². The smallest absolute Gasteiger partial charge is 0.241 e. The summed E-state index contributed by atoms with van der Waals surface area (Å²) in [5.74, 6) is 1.34. The van der Waals surface area contributed by atoms with E-state index in [1.54, 1.807) is 0 Å². The second-order valence-corrected chi connectivity index (χ2v) is 11.2. The molecule has 3 aliphatic heterocycles. The van der Waals surface area contributed by atoms with Crippen LogP contribution in [0.5, 0.6) is 11.5 Å². The third-order valence-corrected chi connectivity index (χ3v) is 8.50. The van der Waals surface area contributed by atoms with Crippen molar-refractivity contribution in [3.63, 3.8) is 0 Å². The van der Waals surface area contributed by atoms with E-state index in [2.05, 4.69) is 11.8 Å². The lowest BCUT2D eigenvalue weighted by molar-refractivity contribution is -0.670. The van der Waals surface area contributed by atoms with Gasteiger partial charge in [0.2, 0.25) is 18.6 Å². The lowest BCUT2D eigenvalue weighted by Crippen LogP contribution is -2.44. The standard InChI is InChI=1S/C31H41N4O5/c1-3-4-16-35(24-8-5-13-32(2)18-24)31(38)20-34-19-25(23-11-12-28-29(17-23)40-22-39-28)26(21-36)27(34)9-6-14-33-15-7-10-30(33)37/h5,8,11-13,17-18,21,25-27H,3-4,6-7,9-10,14-16,19-20,22H2,1-2H3/q+1/t25-,26-,27+/m1/s1. The topological polar surface area (TPSA) is 83.3 Å². The number of benzene rings is 1. The Morgan fingerprint density at radius 3 is 2.80 bits per heavy atom. The SMILES string of the molecule is CCCCN(C(=O)CN1C[C@H](c2ccc3c(c2)OCO3)[C@@H](C=O)[C@@H]1CCCN1CCCC1=O)c1ccc[n+](C)c1. The average Bonchev–Trinajstić information content (AvgIpc) is 3.67. The number of aldehydes is 1. The number of carbonyl (C=O) groups is 3. The summed E-state index contributed by atoms with van der Waals surface area (Å²) in [5, 5.41) is 0. The van der Waals surface area contributed by atoms with Crippen molar-refractivity contribution >= 4 is 23.8 Å². The molecule has 2 aromatic rings. The molecule has 1 aromatic heterocycles. The van der Waals surface area contributed by atoms with Gasteiger partial charge in [0.05, 0.1) is 6.54 Å². The first-order chi connectivity index (χ1) is 19.5. The van der Waals surface area contributed by atoms with E-state index in [1.165, 1.54) is 0 Å². The molecular weight excluding hydrogens is 508 g/mol. The normalized spacial score (nSPS) is 22.2. The summed E-state index contributed by atoms with van der Waals surface area (Å²) >= 11 is 0. The number of fused-ring (bicyclic) bond motifs is 1. The number of likely N-dealkylation sites (tertiary alicyclic amines) is 2. The number of rotatable bonds is 12. The van der Waals surface area contributed by atoms with Crippen molar-refractivity contribution in [3.8, 4) is 11.5 Å². The second-order valence-electron chi connectivity index (χ2n) is 11.2. The molecule has 1 aromatic carbocycles. The molecule has 0 radical (unpaired) electrons. The number of hydrogen-bond acceptors (Lipinski definition) is 6. The van der Waals surface area contributed by atoms with Crippen LogP contribution in [0, 0.1) is 5.92 Å². The molecule has 0 N–H and O–H groups in total. The maximum atomic E-state index is 13.9. The Balaban J connectivity index is 1.37. The summed E-state index contributed by atoms with van der Waals surface area (Å²) in [6.07, 6.45) is 9.98. The molecule has 5 rings (SSSR count). The van der Waals surface area contributed by atoms with Gasteiger partial charge in [0.1, 0.15) is 19.0 Å². The number of ether oxygens (including phenoxy) is 2. The molecule has 40 heavy (non-hydrogen) atoms. The van der Waals surface area contributed by atoms with Gasteiger partial charge in [-0.1, -0.05) is 19.4 Å². The van der Waals surface area contributed by atoms with Crippen LogP contribution in [0.1, 0.15) is 56.9 Å². The summed E-state index contributed by atoms with van der Waals surface area (Å²) in [4.78, 5) is 44.7. The zero-order chi connectivity index (χ0) is 28.1. The Morgan fingerprint density at radius 1 is 1.20 bits per heavy atom. The predicted octanol–water partition coefficient (Wildman–Crippen LogP) is 3.06. The molecule has 0 saturated carbocycles. The van der Waals surface area contributed by atoms with E-state index in [0.717, 1.165) is 56.2 Å². The van der Waals surface area contributed by atoms with Gasteiger partial charge in [0, 0.05) is 56.5 Å². The molecule has 2 amide bonds. The molecule has 0 bridgehead atoms. The molecule has 4 heterocycles. The number of amides is 2. The van der Waals surface area contributed by atoms with Crippen LogP contribution in [0.4, 0.5) is 5.69 Å². The highest BCUT2D eigenvalue weighted by molar-refractivity contribution is 5.94. The lowest BCUT2D eigenvalue weighted by Gasteiger charge is -2.29. The average molecular weight is 550 g/mol. The van der Waals surface area contributed by atoms with Crippen molar-refractivity contribution in [2.45, 2.75) is 57.4 Å². The molecule has 9 nitrogen and oxygen atoms in total. The van der Waals surface area contributed by atoms with Gasteiger partial charge in [-0.05, 0) is 49.4 Å². The van der Waals surface area contributed by atoms with Crippen molar-refractivity contribution < 1.29 is 28.4 Å². The number of anilines is 1. The fourth-order valence-electron chi connectivity index (χ4n) is 6.37. The van der Waals surface area contributed by atoms with Gasteiger partial charge >= 0.3 is 0 Å². The highest BCUT2D eigenvalue weighted by atomic mass is 16.7. The molecular formula is C31H41N4O5+. The van der Waals surface area contributed by atoms with Gasteiger partial charge in [-0.25, -0.2) is 4.57 Å². The van der Waals surface area contributed by atoms with Crippen molar-refractivity contribution in [3.05, 3.63) is 48.3 Å². The van der Waals surface area contributed by atoms with Crippen LogP contribution >= 0.6 is 0 Å². The number of unbranched alkanes of at least 4 members (excludes halogenated alkanes) is 1. The highest BCUT2D eigenvalue weighted by Crippen LogP contribution is 2.42. The molecule has 214 valence electrons. The minimum atomic E-state index is -0.263. The number of hydrogen-bond donors (Lipinski definition) is 0. The Bertz CT molecular complexity index is 1220. The maximum absolute atomic E-state index is 13.9. The fraction of sp³-hybridized carbons (Fsp3) is 0.548. The molecule has 0 aliphatic carbocycles. The highest BCUT2D eigenvalue weighted by Gasteiger charge is 2.43. The summed E-state index contributed by atoms with van der Waals surface area (Å²) in [7, 11) is 1.96. The zero-order valence-corrected chi connectivity index (χ0v) is 23.7. The summed E-state index contributed by atoms with van der Waals surface area (Å²) < 4.78 is 13.1. The molecule has 2 saturated heterocycles. The van der Waals surface area contributed by atoms with E-state index in [9.17, 15) is 14.4 Å². The molecule has 3 atom stereocenters. The number of pyridine rings is 1. The van der Waals surface area contributed by atoms with Gasteiger partial charge in [0.15, 0.2) is 23.9 Å². The first-order valence-electron chi connectivity index (χ1n) is 14.6. The predicted molar refractivity (Wildman–Crippen MR) is 150 cm³/mol. The van der Waals surface area contributed by atoms with E-state index in [0.29, 0.717) is 37.6 Å². The second kappa shape index (κ2) is 12.8. The van der Waals surface area contributed by atoms with Crippen molar-refractivity contribution in [2.24, 2.45) is 13.0 Å². The third-order valence-electron chi connectivity index (χ3n) is 8.50. The zero-order valence-electron chi connectivity index (χ0n) is 23.7. The summed E-state index contributed by atoms with van der Waals surface area (Å²) in [5.41, 5.74) is 1.90. The lowest BCUT2D eigenvalue weighted by atomic mass is 9.84. The Kier molecular flexibility index (Phi) is 8.99. The van der Waals surface area contributed by atoms with Gasteiger partial charge in [-0.2, -0.15) is 0 Å². The Labute approximate surface area is 236 Å². The van der Waals surface area contributed by atoms with Gasteiger partial charge in [-0.3, -0.25) is 14.5 Å². The van der Waals surface area contributed by atoms with Crippen LogP contribution in [0.2, 0.25) is 0 Å². The van der Waals surface area contributed by atoms with Gasteiger partial charge in [0.25, 0.3) is 0 Å². The van der Waals surface area contributed by atoms with E-state index in [4.69, 9.17) is 9.47 Å². The fourth-order valence-corrected chi connectivity index (χ4v) is 6.37. The van der Waals surface area contributed by atoms with Gasteiger partial charge < -0.3 is 24.1 Å². The molecule has 0 unspecified atom stereocenters. The van der Waals surface area contributed by atoms with Crippen molar-refractivity contribution in [1.82, 2.24) is 9.80 Å². The summed E-state index contributed by atoms with van der Waals surface area (Å²) in [6.45, 7) is 5.32. The minimum absolute atomic E-state index is 0.0374. The summed E-state index contributed by atoms with van der Waals surface area (Å²) in [6, 6.07) is 9.74. The van der Waals surface area contributed by atoms with E-state index in [-0.39, 0.29) is 43.0 Å². The Hall–Kier alpha value is -3.46. The van der Waals surface area contributed by atoms with Crippen LogP contribution in [0.3, 0.4) is 0 Å². The third kappa shape index (κ3) is 6.14. The van der Waals surface area contributed by atoms with Crippen LogP contribution in [-0.2, 0) is 21.4 Å². The maximum Gasteiger partial charge on any atom is 0.241 e.